The van der Waals surface area contributed by atoms with E-state index >= 15 is 0 Å². The summed E-state index contributed by atoms with van der Waals surface area (Å²) in [6.07, 6.45) is 2.02. The minimum absolute atomic E-state index is 0.0332. The van der Waals surface area contributed by atoms with Crippen molar-refractivity contribution in [1.82, 2.24) is 5.32 Å². The van der Waals surface area contributed by atoms with E-state index in [9.17, 15) is 4.79 Å². The van der Waals surface area contributed by atoms with E-state index in [1.807, 2.05) is 48.7 Å². The van der Waals surface area contributed by atoms with Gasteiger partial charge in [-0.2, -0.15) is 0 Å². The first-order chi connectivity index (χ1) is 10.2. The van der Waals surface area contributed by atoms with Crippen LogP contribution in [0.15, 0.2) is 47.4 Å². The molecule has 0 fully saturated rings. The summed E-state index contributed by atoms with van der Waals surface area (Å²) in [4.78, 5) is 12.9. The Kier molecular flexibility index (Phi) is 3.86. The van der Waals surface area contributed by atoms with Crippen molar-refractivity contribution < 1.29 is 9.53 Å². The van der Waals surface area contributed by atoms with Gasteiger partial charge in [-0.25, -0.2) is 0 Å². The van der Waals surface area contributed by atoms with Crippen LogP contribution in [0.5, 0.6) is 11.5 Å². The maximum absolute atomic E-state index is 11.8. The van der Waals surface area contributed by atoms with E-state index in [2.05, 4.69) is 10.6 Å². The second-order valence-electron chi connectivity index (χ2n) is 4.71. The number of ether oxygens (including phenoxy) is 1. The molecule has 0 saturated heterocycles. The smallest absolute Gasteiger partial charge is 0.246 e. The highest BCUT2D eigenvalue weighted by molar-refractivity contribution is 7.98. The van der Waals surface area contributed by atoms with Gasteiger partial charge in [-0.1, -0.05) is 18.2 Å². The second-order valence-corrected chi connectivity index (χ2v) is 5.56. The minimum Gasteiger partial charge on any atom is -0.456 e. The van der Waals surface area contributed by atoms with Gasteiger partial charge in [0.05, 0.1) is 0 Å². The number of carbonyl (C=O) groups excluding carboxylic acids is 1. The molecule has 0 radical (unpaired) electrons. The van der Waals surface area contributed by atoms with E-state index in [-0.39, 0.29) is 11.9 Å². The average molecular weight is 300 g/mol. The number of hydrogen-bond donors (Lipinski definition) is 2. The van der Waals surface area contributed by atoms with E-state index in [4.69, 9.17) is 4.74 Å². The van der Waals surface area contributed by atoms with Crippen LogP contribution in [0.3, 0.4) is 0 Å². The van der Waals surface area contributed by atoms with Crippen LogP contribution in [0.4, 0.5) is 5.69 Å². The number of carbonyl (C=O) groups is 1. The molecule has 1 amide bonds. The van der Waals surface area contributed by atoms with Crippen molar-refractivity contribution in [2.75, 3.05) is 18.6 Å². The fraction of sp³-hybridized carbons (Fsp3) is 0.188. The normalized spacial score (nSPS) is 16.5. The molecule has 0 spiro atoms. The van der Waals surface area contributed by atoms with Crippen molar-refractivity contribution in [3.8, 4) is 11.5 Å². The summed E-state index contributed by atoms with van der Waals surface area (Å²) >= 11 is 1.64. The summed E-state index contributed by atoms with van der Waals surface area (Å²) in [5.41, 5.74) is 1.76. The Labute approximate surface area is 127 Å². The van der Waals surface area contributed by atoms with Crippen molar-refractivity contribution in [3.63, 3.8) is 0 Å². The molecule has 21 heavy (non-hydrogen) atoms. The number of hydrogen-bond acceptors (Lipinski definition) is 4. The highest BCUT2D eigenvalue weighted by Gasteiger charge is 2.29. The number of likely N-dealkylation sites (N-methyl/N-ethyl adjacent to an activating group) is 1. The molecule has 2 aromatic rings. The van der Waals surface area contributed by atoms with Gasteiger partial charge < -0.3 is 15.4 Å². The van der Waals surface area contributed by atoms with Gasteiger partial charge in [-0.15, -0.1) is 11.8 Å². The minimum atomic E-state index is -0.285. The number of para-hydroxylation sites is 1. The number of anilines is 1. The molecule has 0 aliphatic carbocycles. The molecular formula is C16H16N2O2S. The number of nitrogens with one attached hydrogen (secondary N) is 2. The summed E-state index contributed by atoms with van der Waals surface area (Å²) in [5, 5.41) is 5.87. The lowest BCUT2D eigenvalue weighted by Crippen LogP contribution is -2.23. The van der Waals surface area contributed by atoms with Crippen molar-refractivity contribution in [1.29, 1.82) is 0 Å². The molecule has 0 bridgehead atoms. The molecule has 5 heteroatoms. The lowest BCUT2D eigenvalue weighted by molar-refractivity contribution is -0.117. The highest BCUT2D eigenvalue weighted by Crippen LogP contribution is 2.36. The summed E-state index contributed by atoms with van der Waals surface area (Å²) in [6, 6.07) is 13.3. The monoisotopic (exact) mass is 300 g/mol. The Morgan fingerprint density at radius 2 is 2.05 bits per heavy atom. The van der Waals surface area contributed by atoms with E-state index in [0.29, 0.717) is 5.75 Å². The molecule has 1 unspecified atom stereocenters. The first-order valence-corrected chi connectivity index (χ1v) is 7.88. The predicted octanol–water partition coefficient (Wildman–Crippen LogP) is 3.41. The van der Waals surface area contributed by atoms with Crippen LogP contribution in [0.2, 0.25) is 0 Å². The summed E-state index contributed by atoms with van der Waals surface area (Å²) in [6.45, 7) is 0. The Morgan fingerprint density at radius 3 is 2.81 bits per heavy atom. The first-order valence-electron chi connectivity index (χ1n) is 6.66. The van der Waals surface area contributed by atoms with Crippen LogP contribution in [0, 0.1) is 0 Å². The Balaban J connectivity index is 1.89. The fourth-order valence-corrected chi connectivity index (χ4v) is 2.95. The van der Waals surface area contributed by atoms with Crippen molar-refractivity contribution in [2.45, 2.75) is 10.9 Å². The number of fused-ring (bicyclic) bond motifs is 1. The molecule has 2 N–H and O–H groups in total. The molecule has 0 aromatic heterocycles. The third-order valence-electron chi connectivity index (χ3n) is 3.44. The summed E-state index contributed by atoms with van der Waals surface area (Å²) < 4.78 is 5.94. The summed E-state index contributed by atoms with van der Waals surface area (Å²) in [7, 11) is 1.78. The molecule has 1 aliphatic rings. The molecule has 3 rings (SSSR count). The predicted molar refractivity (Wildman–Crippen MR) is 85.2 cm³/mol. The molecule has 108 valence electrons. The van der Waals surface area contributed by atoms with Gasteiger partial charge >= 0.3 is 0 Å². The Morgan fingerprint density at radius 1 is 1.24 bits per heavy atom. The average Bonchev–Trinajstić information content (AvgIpc) is 2.82. The molecule has 4 nitrogen and oxygen atoms in total. The zero-order valence-electron chi connectivity index (χ0n) is 11.8. The fourth-order valence-electron chi connectivity index (χ4n) is 2.42. The number of rotatable bonds is 4. The highest BCUT2D eigenvalue weighted by atomic mass is 32.2. The van der Waals surface area contributed by atoms with Crippen LogP contribution < -0.4 is 15.4 Å². The summed E-state index contributed by atoms with van der Waals surface area (Å²) in [5.74, 6) is 1.50. The number of amides is 1. The van der Waals surface area contributed by atoms with Gasteiger partial charge in [-0.05, 0) is 31.5 Å². The van der Waals surface area contributed by atoms with Crippen LogP contribution in [-0.2, 0) is 4.79 Å². The van der Waals surface area contributed by atoms with Gasteiger partial charge in [0.15, 0.2) is 0 Å². The molecule has 2 aromatic carbocycles. The van der Waals surface area contributed by atoms with Gasteiger partial charge in [0.1, 0.15) is 17.5 Å². The third kappa shape index (κ3) is 2.62. The van der Waals surface area contributed by atoms with Gasteiger partial charge in [0.25, 0.3) is 0 Å². The third-order valence-corrected chi connectivity index (χ3v) is 4.22. The lowest BCUT2D eigenvalue weighted by atomic mass is 10.1. The maximum atomic E-state index is 11.8. The second kappa shape index (κ2) is 5.79. The van der Waals surface area contributed by atoms with Crippen LogP contribution in [0.1, 0.15) is 11.6 Å². The number of benzene rings is 2. The van der Waals surface area contributed by atoms with E-state index in [1.54, 1.807) is 18.8 Å². The Bertz CT molecular complexity index is 688. The van der Waals surface area contributed by atoms with Crippen molar-refractivity contribution in [2.24, 2.45) is 0 Å². The Hall–Kier alpha value is -1.98. The zero-order chi connectivity index (χ0) is 14.8. The van der Waals surface area contributed by atoms with E-state index in [0.717, 1.165) is 21.9 Å². The topological polar surface area (TPSA) is 50.4 Å². The van der Waals surface area contributed by atoms with E-state index < -0.39 is 0 Å². The molecule has 1 heterocycles. The quantitative estimate of drug-likeness (QED) is 0.850. The van der Waals surface area contributed by atoms with Gasteiger partial charge in [-0.3, -0.25) is 4.79 Å². The van der Waals surface area contributed by atoms with Crippen LogP contribution in [-0.4, -0.2) is 19.2 Å². The SMILES string of the molecule is CNC1C(=O)Nc2cc(Oc3ccccc3SC)ccc21. The largest absolute Gasteiger partial charge is 0.456 e. The molecular weight excluding hydrogens is 284 g/mol. The first kappa shape index (κ1) is 14.0. The molecule has 1 aliphatic heterocycles. The van der Waals surface area contributed by atoms with Crippen molar-refractivity contribution in [3.05, 3.63) is 48.0 Å². The van der Waals surface area contributed by atoms with E-state index in [1.165, 1.54) is 0 Å². The molecule has 1 atom stereocenters. The van der Waals surface area contributed by atoms with Gasteiger partial charge in [0, 0.05) is 22.2 Å². The number of thioether (sulfide) groups is 1. The lowest BCUT2D eigenvalue weighted by Gasteiger charge is -2.11. The zero-order valence-corrected chi connectivity index (χ0v) is 12.7. The standard InChI is InChI=1S/C16H16N2O2S/c1-17-15-11-8-7-10(9-12(11)18-16(15)19)20-13-5-3-4-6-14(13)21-2/h3-9,15,17H,1-2H3,(H,18,19). The van der Waals surface area contributed by atoms with Crippen LogP contribution in [0.25, 0.3) is 0 Å². The van der Waals surface area contributed by atoms with Crippen molar-refractivity contribution >= 4 is 23.4 Å². The molecule has 0 saturated carbocycles. The van der Waals surface area contributed by atoms with Gasteiger partial charge in [0.2, 0.25) is 5.91 Å². The maximum Gasteiger partial charge on any atom is 0.246 e. The van der Waals surface area contributed by atoms with Crippen LogP contribution >= 0.6 is 11.8 Å².